The lowest BCUT2D eigenvalue weighted by atomic mass is 9.82. The minimum Gasteiger partial charge on any atom is -0.302 e. The number of nitrogens with one attached hydrogen (secondary N) is 2. The summed E-state index contributed by atoms with van der Waals surface area (Å²) in [5.74, 6) is -2.17. The van der Waals surface area contributed by atoms with Crippen molar-refractivity contribution < 1.29 is 4.39 Å². The molecule has 0 saturated carbocycles. The third-order valence-electron chi connectivity index (χ3n) is 3.16. The lowest BCUT2D eigenvalue weighted by Crippen LogP contribution is -2.19. The number of aromatic nitrogens is 2. The van der Waals surface area contributed by atoms with Crippen molar-refractivity contribution in [2.45, 2.75) is 12.8 Å². The summed E-state index contributed by atoms with van der Waals surface area (Å²) in [4.78, 5) is 11.9. The summed E-state index contributed by atoms with van der Waals surface area (Å²) in [6.07, 6.45) is 0. The third kappa shape index (κ3) is 2.32. The smallest absolute Gasteiger partial charge is 0.268 e. The van der Waals surface area contributed by atoms with E-state index in [2.05, 4.69) is 10.2 Å². The molecule has 0 amide bonds. The SMILES string of the molecule is Cc1[nH][nH]c(=O)c1C(c1ccc(F)cc1)C(C#N)C#N. The molecule has 100 valence electrons. The molecule has 1 unspecified atom stereocenters. The molecule has 0 radical (unpaired) electrons. The molecule has 6 heteroatoms. The number of H-pyrrole nitrogens is 2. The first-order chi connectivity index (χ1) is 9.58. The van der Waals surface area contributed by atoms with Crippen molar-refractivity contribution in [2.75, 3.05) is 0 Å². The second-order valence-corrected chi connectivity index (χ2v) is 4.38. The van der Waals surface area contributed by atoms with Gasteiger partial charge in [-0.3, -0.25) is 9.89 Å². The zero-order valence-corrected chi connectivity index (χ0v) is 10.6. The van der Waals surface area contributed by atoms with Gasteiger partial charge in [0.25, 0.3) is 5.56 Å². The van der Waals surface area contributed by atoms with Gasteiger partial charge in [0.1, 0.15) is 11.7 Å². The van der Waals surface area contributed by atoms with Gasteiger partial charge in [-0.1, -0.05) is 12.1 Å². The molecule has 5 nitrogen and oxygen atoms in total. The molecule has 20 heavy (non-hydrogen) atoms. The Morgan fingerprint density at radius 3 is 2.20 bits per heavy atom. The van der Waals surface area contributed by atoms with E-state index in [0.717, 1.165) is 0 Å². The number of nitriles is 2. The molecular weight excluding hydrogens is 259 g/mol. The molecule has 0 aliphatic carbocycles. The van der Waals surface area contributed by atoms with Gasteiger partial charge in [0.05, 0.1) is 12.1 Å². The van der Waals surface area contributed by atoms with Gasteiger partial charge in [-0.05, 0) is 24.6 Å². The molecule has 0 aliphatic rings. The van der Waals surface area contributed by atoms with Crippen molar-refractivity contribution in [2.24, 2.45) is 5.92 Å². The maximum atomic E-state index is 13.0. The Morgan fingerprint density at radius 2 is 1.75 bits per heavy atom. The highest BCUT2D eigenvalue weighted by Crippen LogP contribution is 2.31. The predicted molar refractivity (Wildman–Crippen MR) is 69.1 cm³/mol. The van der Waals surface area contributed by atoms with Crippen molar-refractivity contribution in [3.8, 4) is 12.1 Å². The van der Waals surface area contributed by atoms with Crippen molar-refractivity contribution in [1.82, 2.24) is 10.2 Å². The fourth-order valence-corrected chi connectivity index (χ4v) is 2.20. The first-order valence-electron chi connectivity index (χ1n) is 5.90. The van der Waals surface area contributed by atoms with Crippen molar-refractivity contribution >= 4 is 0 Å². The Kier molecular flexibility index (Phi) is 3.67. The second-order valence-electron chi connectivity index (χ2n) is 4.38. The molecule has 1 aromatic carbocycles. The van der Waals surface area contributed by atoms with E-state index in [0.29, 0.717) is 16.8 Å². The first kappa shape index (κ1) is 13.6. The lowest BCUT2D eigenvalue weighted by Gasteiger charge is -2.16. The summed E-state index contributed by atoms with van der Waals surface area (Å²) in [6, 6.07) is 9.21. The Bertz CT molecular complexity index is 731. The number of nitrogens with zero attached hydrogens (tertiary/aromatic N) is 2. The van der Waals surface area contributed by atoms with Crippen LogP contribution in [0.3, 0.4) is 0 Å². The van der Waals surface area contributed by atoms with Gasteiger partial charge in [0, 0.05) is 17.2 Å². The molecule has 1 atom stereocenters. The molecule has 0 saturated heterocycles. The highest BCUT2D eigenvalue weighted by atomic mass is 19.1. The number of hydrogen-bond donors (Lipinski definition) is 2. The van der Waals surface area contributed by atoms with Gasteiger partial charge in [-0.2, -0.15) is 10.5 Å². The van der Waals surface area contributed by atoms with Crippen LogP contribution in [0.1, 0.15) is 22.7 Å². The van der Waals surface area contributed by atoms with E-state index < -0.39 is 17.7 Å². The van der Waals surface area contributed by atoms with E-state index in [1.165, 1.54) is 24.3 Å². The Balaban J connectivity index is 2.63. The van der Waals surface area contributed by atoms with Crippen LogP contribution in [-0.4, -0.2) is 10.2 Å². The monoisotopic (exact) mass is 270 g/mol. The number of aryl methyl sites for hydroxylation is 1. The van der Waals surface area contributed by atoms with Crippen LogP contribution in [0.2, 0.25) is 0 Å². The molecule has 2 rings (SSSR count). The fraction of sp³-hybridized carbons (Fsp3) is 0.214. The Hall–Kier alpha value is -2.86. The Morgan fingerprint density at radius 1 is 1.15 bits per heavy atom. The predicted octanol–water partition coefficient (Wildman–Crippen LogP) is 1.95. The van der Waals surface area contributed by atoms with E-state index in [-0.39, 0.29) is 5.56 Å². The van der Waals surface area contributed by atoms with Crippen LogP contribution in [0.5, 0.6) is 0 Å². The van der Waals surface area contributed by atoms with Gasteiger partial charge in [-0.15, -0.1) is 0 Å². The van der Waals surface area contributed by atoms with Gasteiger partial charge < -0.3 is 5.10 Å². The highest BCUT2D eigenvalue weighted by molar-refractivity contribution is 5.38. The van der Waals surface area contributed by atoms with E-state index in [1.807, 2.05) is 12.1 Å². The molecule has 2 N–H and O–H groups in total. The van der Waals surface area contributed by atoms with Crippen molar-refractivity contribution in [1.29, 1.82) is 10.5 Å². The lowest BCUT2D eigenvalue weighted by molar-refractivity contribution is 0.624. The third-order valence-corrected chi connectivity index (χ3v) is 3.16. The minimum atomic E-state index is -1.03. The molecular formula is C14H11FN4O. The summed E-state index contributed by atoms with van der Waals surface area (Å²) < 4.78 is 13.0. The fourth-order valence-electron chi connectivity index (χ4n) is 2.20. The van der Waals surface area contributed by atoms with Crippen LogP contribution in [0, 0.1) is 41.3 Å². The molecule has 0 aliphatic heterocycles. The van der Waals surface area contributed by atoms with E-state index in [1.54, 1.807) is 6.92 Å². The summed E-state index contributed by atoms with van der Waals surface area (Å²) in [7, 11) is 0. The molecule has 2 aromatic rings. The van der Waals surface area contributed by atoms with Crippen LogP contribution in [0.25, 0.3) is 0 Å². The van der Waals surface area contributed by atoms with Gasteiger partial charge in [-0.25, -0.2) is 4.39 Å². The summed E-state index contributed by atoms with van der Waals surface area (Å²) in [5, 5.41) is 23.3. The van der Waals surface area contributed by atoms with E-state index in [9.17, 15) is 9.18 Å². The van der Waals surface area contributed by atoms with Gasteiger partial charge in [0.2, 0.25) is 0 Å². The average Bonchev–Trinajstić information content (AvgIpc) is 2.77. The molecule has 1 aromatic heterocycles. The summed E-state index contributed by atoms with van der Waals surface area (Å²) >= 11 is 0. The largest absolute Gasteiger partial charge is 0.302 e. The number of hydrogen-bond acceptors (Lipinski definition) is 3. The van der Waals surface area contributed by atoms with Crippen LogP contribution in [0.4, 0.5) is 4.39 Å². The summed E-state index contributed by atoms with van der Waals surface area (Å²) in [6.45, 7) is 1.68. The molecule has 0 fully saturated rings. The average molecular weight is 270 g/mol. The number of benzene rings is 1. The zero-order chi connectivity index (χ0) is 14.7. The maximum Gasteiger partial charge on any atom is 0.268 e. The second kappa shape index (κ2) is 5.41. The number of halogens is 1. The van der Waals surface area contributed by atoms with Crippen LogP contribution < -0.4 is 5.56 Å². The normalized spacial score (nSPS) is 11.8. The molecule has 0 bridgehead atoms. The van der Waals surface area contributed by atoms with Crippen LogP contribution in [0.15, 0.2) is 29.1 Å². The summed E-state index contributed by atoms with van der Waals surface area (Å²) in [5.41, 5.74) is 1.05. The highest BCUT2D eigenvalue weighted by Gasteiger charge is 2.29. The van der Waals surface area contributed by atoms with E-state index in [4.69, 9.17) is 10.5 Å². The Labute approximate surface area is 114 Å². The van der Waals surface area contributed by atoms with E-state index >= 15 is 0 Å². The standard InChI is InChI=1S/C14H11FN4O/c1-8-12(14(20)19-18-8)13(10(6-16)7-17)9-2-4-11(15)5-3-9/h2-5,10,13H,1H3,(H2,18,19,20). The number of aromatic amines is 2. The van der Waals surface area contributed by atoms with Crippen LogP contribution in [-0.2, 0) is 0 Å². The molecule has 1 heterocycles. The van der Waals surface area contributed by atoms with Crippen LogP contribution >= 0.6 is 0 Å². The van der Waals surface area contributed by atoms with Crippen molar-refractivity contribution in [3.63, 3.8) is 0 Å². The first-order valence-corrected chi connectivity index (χ1v) is 5.90. The molecule has 0 spiro atoms. The minimum absolute atomic E-state index is 0.324. The van der Waals surface area contributed by atoms with Gasteiger partial charge >= 0.3 is 0 Å². The zero-order valence-electron chi connectivity index (χ0n) is 10.6. The van der Waals surface area contributed by atoms with Gasteiger partial charge in [0.15, 0.2) is 0 Å². The number of rotatable bonds is 3. The topological polar surface area (TPSA) is 96.2 Å². The van der Waals surface area contributed by atoms with Crippen molar-refractivity contribution in [3.05, 3.63) is 57.3 Å². The maximum absolute atomic E-state index is 13.0. The quantitative estimate of drug-likeness (QED) is 0.892.